The number of alkyl halides is 3. The molecule has 2 aliphatic heterocycles. The van der Waals surface area contributed by atoms with Gasteiger partial charge in [-0.25, -0.2) is 9.59 Å². The Morgan fingerprint density at radius 1 is 0.518 bits per heavy atom. The first-order chi connectivity index (χ1) is 41.3. The zero-order valence-electron chi connectivity index (χ0n) is 47.2. The molecule has 2 amide bonds. The van der Waals surface area contributed by atoms with Crippen molar-refractivity contribution in [2.45, 2.75) is 131 Å². The second kappa shape index (κ2) is 34.2. The average molecular weight is 1230 g/mol. The normalized spacial score (nSPS) is 22.2. The fourth-order valence-corrected chi connectivity index (χ4v) is 9.85. The molecule has 6 aromatic carbocycles. The Kier molecular flexibility index (Phi) is 26.1. The summed E-state index contributed by atoms with van der Waals surface area (Å²) in [5.74, 6) is -0.620. The third-order valence-corrected chi connectivity index (χ3v) is 14.3. The second-order valence-electron chi connectivity index (χ2n) is 20.5. The van der Waals surface area contributed by atoms with Crippen LogP contribution < -0.4 is 5.32 Å². The Labute approximate surface area is 511 Å². The molecule has 0 saturated carbocycles. The number of rotatable bonds is 30. The van der Waals surface area contributed by atoms with Crippen LogP contribution in [0.25, 0.3) is 0 Å². The lowest BCUT2D eigenvalue weighted by atomic mass is 9.95. The molecule has 10 atom stereocenters. The summed E-state index contributed by atoms with van der Waals surface area (Å²) in [6.45, 7) is 1.63. The summed E-state index contributed by atoms with van der Waals surface area (Å²) in [4.78, 5) is 41.5. The maximum Gasteiger partial charge on any atom is 0.410 e. The third-order valence-electron chi connectivity index (χ3n) is 13.9. The fraction of sp³-hybridized carbons (Fsp3) is 0.400. The van der Waals surface area contributed by atoms with Crippen molar-refractivity contribution in [3.05, 3.63) is 215 Å². The molecule has 454 valence electrons. The van der Waals surface area contributed by atoms with E-state index in [9.17, 15) is 19.5 Å². The van der Waals surface area contributed by atoms with Crippen LogP contribution in [-0.2, 0) is 96.5 Å². The number of halogens is 3. The van der Waals surface area contributed by atoms with Gasteiger partial charge in [0.15, 0.2) is 12.6 Å². The molecule has 2 fully saturated rings. The number of carbonyl (C=O) groups excluding carboxylic acids is 3. The quantitative estimate of drug-likeness (QED) is 0.0187. The number of benzene rings is 6. The molecule has 6 aromatic rings. The van der Waals surface area contributed by atoms with Crippen molar-refractivity contribution in [1.29, 1.82) is 0 Å². The molecule has 0 aromatic heterocycles. The fourth-order valence-electron chi connectivity index (χ4n) is 9.69. The predicted octanol–water partition coefficient (Wildman–Crippen LogP) is 11.2. The van der Waals surface area contributed by atoms with E-state index < -0.39 is 89.9 Å². The number of aliphatic hydroxyl groups excluding tert-OH is 1. The van der Waals surface area contributed by atoms with E-state index in [1.165, 1.54) is 6.92 Å². The van der Waals surface area contributed by atoms with Crippen molar-refractivity contribution in [1.82, 2.24) is 10.2 Å². The van der Waals surface area contributed by atoms with E-state index in [-0.39, 0.29) is 52.9 Å². The maximum atomic E-state index is 13.8. The Morgan fingerprint density at radius 3 is 1.52 bits per heavy atom. The predicted molar refractivity (Wildman–Crippen MR) is 318 cm³/mol. The minimum absolute atomic E-state index is 0.000134. The Balaban J connectivity index is 1.10. The first-order valence-electron chi connectivity index (χ1n) is 28.3. The number of alkyl carbamates (subject to hydrolysis) is 1. The number of nitrogens with one attached hydrogen (secondary N) is 1. The van der Waals surface area contributed by atoms with Crippen molar-refractivity contribution >= 4 is 53.0 Å². The van der Waals surface area contributed by atoms with Crippen LogP contribution in [-0.4, -0.2) is 126 Å². The summed E-state index contributed by atoms with van der Waals surface area (Å²) in [7, 11) is 0. The number of aliphatic hydroxyl groups is 1. The molecule has 2 saturated heterocycles. The largest absolute Gasteiger partial charge is 0.463 e. The monoisotopic (exact) mass is 1230 g/mol. The number of unbranched alkanes of at least 4 members (excludes halogenated alkanes) is 2. The first-order valence-corrected chi connectivity index (χ1v) is 29.5. The van der Waals surface area contributed by atoms with Crippen LogP contribution in [0.3, 0.4) is 0 Å². The Bertz CT molecular complexity index is 2870. The van der Waals surface area contributed by atoms with E-state index in [2.05, 4.69) is 5.32 Å². The third kappa shape index (κ3) is 21.6. The molecule has 2 aliphatic rings. The molecule has 0 bridgehead atoms. The number of nitrogens with zero attached hydrogens (tertiary/aromatic N) is 1. The van der Waals surface area contributed by atoms with Crippen LogP contribution in [0.15, 0.2) is 182 Å². The van der Waals surface area contributed by atoms with Crippen molar-refractivity contribution < 1.29 is 71.6 Å². The summed E-state index contributed by atoms with van der Waals surface area (Å²) in [5, 5.41) is 15.2. The van der Waals surface area contributed by atoms with Crippen molar-refractivity contribution in [3.8, 4) is 0 Å². The van der Waals surface area contributed by atoms with Gasteiger partial charge < -0.3 is 67.4 Å². The molecule has 20 heteroatoms. The maximum absolute atomic E-state index is 13.8. The van der Waals surface area contributed by atoms with E-state index in [1.807, 2.05) is 182 Å². The van der Waals surface area contributed by atoms with Crippen LogP contribution in [0.5, 0.6) is 0 Å². The van der Waals surface area contributed by atoms with Gasteiger partial charge in [-0.15, -0.1) is 0 Å². The first kappa shape index (κ1) is 64.8. The number of carbonyl (C=O) groups is 3. The highest BCUT2D eigenvalue weighted by Gasteiger charge is 2.54. The van der Waals surface area contributed by atoms with Gasteiger partial charge in [0.25, 0.3) is 0 Å². The van der Waals surface area contributed by atoms with E-state index in [0.29, 0.717) is 32.4 Å². The smallest absolute Gasteiger partial charge is 0.410 e. The van der Waals surface area contributed by atoms with E-state index in [0.717, 1.165) is 33.4 Å². The summed E-state index contributed by atoms with van der Waals surface area (Å²) in [6.07, 6.45) is -10.8. The van der Waals surface area contributed by atoms with Crippen LogP contribution >= 0.6 is 34.8 Å². The average Bonchev–Trinajstić information content (AvgIpc) is 3.70. The Hall–Kier alpha value is -6.16. The van der Waals surface area contributed by atoms with Gasteiger partial charge in [-0.1, -0.05) is 217 Å². The van der Waals surface area contributed by atoms with Crippen molar-refractivity contribution in [2.75, 3.05) is 33.0 Å². The van der Waals surface area contributed by atoms with Gasteiger partial charge in [-0.3, -0.25) is 4.79 Å². The van der Waals surface area contributed by atoms with Gasteiger partial charge in [0.1, 0.15) is 68.6 Å². The number of esters is 1. The van der Waals surface area contributed by atoms with E-state index >= 15 is 0 Å². The summed E-state index contributed by atoms with van der Waals surface area (Å²) >= 11 is 18.0. The number of amides is 2. The molecule has 85 heavy (non-hydrogen) atoms. The molecule has 0 radical (unpaired) electrons. The molecular weight excluding hydrogens is 1160 g/mol. The van der Waals surface area contributed by atoms with Gasteiger partial charge in [0, 0.05) is 26.6 Å². The molecule has 17 nitrogen and oxygen atoms in total. The number of ether oxygens (including phenoxy) is 11. The SMILES string of the molecule is CC(=O)OC[C@H]1O[C@@H](O[C@H]2[C@@H](OCc3ccccc3)[C@@H](COCc3ccccc3)O[C@@H](OCCCCCN(Cc3ccccc3)C(=O)OCc3ccccc3)[C@@H]2OCc2ccccc2)[C@H](NC(=O)OCC(Cl)(Cl)Cl)[C@@H](O)[C@@H]1OCc1ccccc1. The van der Waals surface area contributed by atoms with Crippen molar-refractivity contribution in [3.63, 3.8) is 0 Å². The topological polar surface area (TPSA) is 188 Å². The van der Waals surface area contributed by atoms with Gasteiger partial charge in [0.2, 0.25) is 3.79 Å². The molecule has 2 N–H and O–H groups in total. The summed E-state index contributed by atoms with van der Waals surface area (Å²) in [5.41, 5.74) is 5.18. The minimum Gasteiger partial charge on any atom is -0.463 e. The Morgan fingerprint density at radius 2 is 0.988 bits per heavy atom. The molecule has 0 unspecified atom stereocenters. The van der Waals surface area contributed by atoms with Crippen LogP contribution in [0.2, 0.25) is 0 Å². The lowest BCUT2D eigenvalue weighted by molar-refractivity contribution is -0.361. The highest BCUT2D eigenvalue weighted by Crippen LogP contribution is 2.36. The number of hydrogen-bond acceptors (Lipinski definition) is 15. The molecule has 0 spiro atoms. The second-order valence-corrected chi connectivity index (χ2v) is 23.0. The standard InChI is InChI=1S/C65H73Cl3N2O15/c1-46(71)77-44-54-57(78-39-49-27-13-4-14-28-49)56(72)55(69-63(73)82-45-65(66,67)68)61(83-54)85-59-58(79-40-50-29-15-5-16-30-50)53(43-75-38-48-25-11-3-12-26-48)84-62(60(59)80-41-51-31-17-6-18-32-51)76-36-22-8-21-35-70(37-47-23-9-2-10-24-47)64(74)81-42-52-33-19-7-20-34-52/h2-7,9-20,23-34,53-62,72H,8,21-22,35-45H2,1H3,(H,69,73)/t53-,54-,55-,56-,57-,58+,59+,60-,61+,62-/m1/s1. The van der Waals surface area contributed by atoms with E-state index in [4.69, 9.17) is 86.9 Å². The van der Waals surface area contributed by atoms with Gasteiger partial charge in [0.05, 0.1) is 33.0 Å². The zero-order chi connectivity index (χ0) is 59.6. The van der Waals surface area contributed by atoms with Crippen LogP contribution in [0.4, 0.5) is 9.59 Å². The minimum atomic E-state index is -1.98. The summed E-state index contributed by atoms with van der Waals surface area (Å²) < 4.78 is 68.9. The van der Waals surface area contributed by atoms with Gasteiger partial charge >= 0.3 is 18.2 Å². The lowest BCUT2D eigenvalue weighted by Crippen LogP contribution is -2.68. The van der Waals surface area contributed by atoms with E-state index in [1.54, 1.807) is 4.90 Å². The highest BCUT2D eigenvalue weighted by atomic mass is 35.6. The van der Waals surface area contributed by atoms with Crippen LogP contribution in [0.1, 0.15) is 59.6 Å². The van der Waals surface area contributed by atoms with Crippen LogP contribution in [0, 0.1) is 0 Å². The molecular formula is C65H73Cl3N2O15. The molecule has 8 rings (SSSR count). The van der Waals surface area contributed by atoms with Crippen molar-refractivity contribution in [2.24, 2.45) is 0 Å². The highest BCUT2D eigenvalue weighted by molar-refractivity contribution is 6.67. The summed E-state index contributed by atoms with van der Waals surface area (Å²) in [6, 6.07) is 55.7. The lowest BCUT2D eigenvalue weighted by Gasteiger charge is -2.49. The molecule has 2 heterocycles. The molecule has 0 aliphatic carbocycles. The zero-order valence-corrected chi connectivity index (χ0v) is 49.5. The number of hydrogen-bond donors (Lipinski definition) is 2. The van der Waals surface area contributed by atoms with Gasteiger partial charge in [-0.05, 0) is 52.6 Å². The van der Waals surface area contributed by atoms with Gasteiger partial charge in [-0.2, -0.15) is 0 Å².